The van der Waals surface area contributed by atoms with Gasteiger partial charge in [0, 0.05) is 18.0 Å². The molecule has 21 heavy (non-hydrogen) atoms. The molecule has 2 rings (SSSR count). The molecule has 0 aliphatic heterocycles. The molecule has 0 amide bonds. The van der Waals surface area contributed by atoms with Crippen molar-refractivity contribution in [2.75, 3.05) is 0 Å². The summed E-state index contributed by atoms with van der Waals surface area (Å²) in [5, 5.41) is 11.0. The van der Waals surface area contributed by atoms with Gasteiger partial charge in [-0.3, -0.25) is 10.1 Å². The fraction of sp³-hybridized carbons (Fsp3) is 0.143. The first-order chi connectivity index (χ1) is 9.92. The molecule has 2 aromatic carbocycles. The van der Waals surface area contributed by atoms with Crippen LogP contribution in [0.25, 0.3) is 0 Å². The second kappa shape index (κ2) is 6.41. The van der Waals surface area contributed by atoms with Crippen LogP contribution in [0.3, 0.4) is 0 Å². The van der Waals surface area contributed by atoms with E-state index in [2.05, 4.69) is 15.9 Å². The summed E-state index contributed by atoms with van der Waals surface area (Å²) in [6, 6.07) is 7.14. The molecule has 0 saturated heterocycles. The maximum atomic E-state index is 13.6. The first-order valence-electron chi connectivity index (χ1n) is 5.89. The van der Waals surface area contributed by atoms with Crippen molar-refractivity contribution in [2.24, 2.45) is 0 Å². The molecule has 0 bridgehead atoms. The second-order valence-electron chi connectivity index (χ2n) is 4.32. The van der Waals surface area contributed by atoms with Gasteiger partial charge in [0.15, 0.2) is 0 Å². The van der Waals surface area contributed by atoms with Crippen LogP contribution in [0.2, 0.25) is 0 Å². The van der Waals surface area contributed by atoms with E-state index in [4.69, 9.17) is 16.3 Å². The number of alkyl halides is 1. The maximum absolute atomic E-state index is 13.6. The Morgan fingerprint density at radius 2 is 2.10 bits per heavy atom. The molecule has 0 heterocycles. The van der Waals surface area contributed by atoms with Gasteiger partial charge in [0.05, 0.1) is 9.40 Å². The highest BCUT2D eigenvalue weighted by Gasteiger charge is 2.19. The molecule has 4 nitrogen and oxygen atoms in total. The van der Waals surface area contributed by atoms with Crippen LogP contribution in [0.4, 0.5) is 10.1 Å². The van der Waals surface area contributed by atoms with E-state index >= 15 is 0 Å². The number of benzene rings is 2. The summed E-state index contributed by atoms with van der Waals surface area (Å²) in [6.45, 7) is 1.85. The number of rotatable bonds is 4. The molecular formula is C14H10BrClFNO3. The van der Waals surface area contributed by atoms with Crippen LogP contribution in [-0.4, -0.2) is 4.92 Å². The topological polar surface area (TPSA) is 52.4 Å². The molecule has 0 aromatic heterocycles. The summed E-state index contributed by atoms with van der Waals surface area (Å²) in [5.41, 5.74) is 1.51. The van der Waals surface area contributed by atoms with E-state index in [1.54, 1.807) is 18.2 Å². The molecular weight excluding hydrogens is 365 g/mol. The summed E-state index contributed by atoms with van der Waals surface area (Å²) in [7, 11) is 0. The summed E-state index contributed by atoms with van der Waals surface area (Å²) < 4.78 is 19.0. The molecule has 0 spiro atoms. The largest absolute Gasteiger partial charge is 0.450 e. The Morgan fingerprint density at radius 1 is 1.38 bits per heavy atom. The van der Waals surface area contributed by atoms with Crippen LogP contribution >= 0.6 is 27.5 Å². The van der Waals surface area contributed by atoms with Gasteiger partial charge in [0.1, 0.15) is 11.6 Å². The number of hydrogen-bond donors (Lipinski definition) is 0. The summed E-state index contributed by atoms with van der Waals surface area (Å²) in [4.78, 5) is 10.4. The number of ether oxygens (including phenoxy) is 1. The predicted octanol–water partition coefficient (Wildman–Crippen LogP) is 5.34. The minimum Gasteiger partial charge on any atom is -0.450 e. The minimum absolute atomic E-state index is 0.00946. The van der Waals surface area contributed by atoms with Crippen LogP contribution in [0.1, 0.15) is 11.1 Å². The van der Waals surface area contributed by atoms with Gasteiger partial charge in [-0.05, 0) is 46.1 Å². The first-order valence-corrected chi connectivity index (χ1v) is 7.22. The molecule has 7 heteroatoms. The molecule has 0 saturated carbocycles. The van der Waals surface area contributed by atoms with Crippen molar-refractivity contribution in [2.45, 2.75) is 12.8 Å². The lowest BCUT2D eigenvalue weighted by Gasteiger charge is -2.09. The summed E-state index contributed by atoms with van der Waals surface area (Å²) >= 11 is 8.68. The monoisotopic (exact) mass is 373 g/mol. The van der Waals surface area contributed by atoms with Crippen LogP contribution in [0, 0.1) is 22.9 Å². The van der Waals surface area contributed by atoms with Crippen LogP contribution in [0.15, 0.2) is 34.8 Å². The number of aryl methyl sites for hydroxylation is 1. The number of nitro benzene ring substituents is 1. The number of nitrogens with zero attached hydrogens (tertiary/aromatic N) is 1. The van der Waals surface area contributed by atoms with Gasteiger partial charge >= 0.3 is 5.69 Å². The number of hydrogen-bond acceptors (Lipinski definition) is 3. The molecule has 2 aromatic rings. The van der Waals surface area contributed by atoms with E-state index < -0.39 is 10.7 Å². The van der Waals surface area contributed by atoms with Crippen molar-refractivity contribution < 1.29 is 14.1 Å². The van der Waals surface area contributed by atoms with Gasteiger partial charge in [0.2, 0.25) is 5.75 Å². The fourth-order valence-electron chi connectivity index (χ4n) is 1.75. The van der Waals surface area contributed by atoms with Crippen LogP contribution in [-0.2, 0) is 5.88 Å². The lowest BCUT2D eigenvalue weighted by molar-refractivity contribution is -0.385. The molecule has 0 aliphatic carbocycles. The maximum Gasteiger partial charge on any atom is 0.312 e. The third-order valence-electron chi connectivity index (χ3n) is 2.88. The van der Waals surface area contributed by atoms with Gasteiger partial charge in [0.25, 0.3) is 0 Å². The smallest absolute Gasteiger partial charge is 0.312 e. The minimum atomic E-state index is -0.635. The quantitative estimate of drug-likeness (QED) is 0.412. The molecule has 0 fully saturated rings. The van der Waals surface area contributed by atoms with Gasteiger partial charge < -0.3 is 4.74 Å². The van der Waals surface area contributed by atoms with E-state index in [9.17, 15) is 14.5 Å². The third kappa shape index (κ3) is 3.51. The average Bonchev–Trinajstić information content (AvgIpc) is 2.42. The van der Waals surface area contributed by atoms with E-state index in [1.807, 2.05) is 6.92 Å². The van der Waals surface area contributed by atoms with E-state index in [-0.39, 0.29) is 15.9 Å². The van der Waals surface area contributed by atoms with E-state index in [0.717, 1.165) is 23.3 Å². The molecule has 0 atom stereocenters. The van der Waals surface area contributed by atoms with Crippen LogP contribution in [0.5, 0.6) is 11.5 Å². The van der Waals surface area contributed by atoms with Gasteiger partial charge in [-0.15, -0.1) is 11.6 Å². The standard InChI is InChI=1S/C14H10BrClFNO3/c1-8-4-10(3-2-9(8)7-16)21-14-6-12(17)11(15)5-13(14)18(19)20/h2-6H,7H2,1H3. The molecule has 0 N–H and O–H groups in total. The first kappa shape index (κ1) is 15.7. The lowest BCUT2D eigenvalue weighted by atomic mass is 10.1. The molecule has 0 aliphatic rings. The highest BCUT2D eigenvalue weighted by atomic mass is 79.9. The van der Waals surface area contributed by atoms with Crippen molar-refractivity contribution in [3.05, 3.63) is 61.9 Å². The Morgan fingerprint density at radius 3 is 2.67 bits per heavy atom. The van der Waals surface area contributed by atoms with Crippen molar-refractivity contribution in [3.63, 3.8) is 0 Å². The zero-order valence-corrected chi connectivity index (χ0v) is 13.2. The van der Waals surface area contributed by atoms with Gasteiger partial charge in [-0.1, -0.05) is 6.07 Å². The van der Waals surface area contributed by atoms with Gasteiger partial charge in [-0.25, -0.2) is 4.39 Å². The summed E-state index contributed by atoms with van der Waals surface area (Å²) in [5.74, 6) is -0.0475. The van der Waals surface area contributed by atoms with Crippen molar-refractivity contribution in [1.82, 2.24) is 0 Å². The zero-order chi connectivity index (χ0) is 15.6. The van der Waals surface area contributed by atoms with E-state index in [1.165, 1.54) is 0 Å². The lowest BCUT2D eigenvalue weighted by Crippen LogP contribution is -1.96. The van der Waals surface area contributed by atoms with Gasteiger partial charge in [-0.2, -0.15) is 0 Å². The predicted molar refractivity (Wildman–Crippen MR) is 81.6 cm³/mol. The van der Waals surface area contributed by atoms with Crippen molar-refractivity contribution in [1.29, 1.82) is 0 Å². The Hall–Kier alpha value is -1.66. The third-order valence-corrected chi connectivity index (χ3v) is 3.78. The normalized spacial score (nSPS) is 10.5. The Labute approximate surface area is 133 Å². The second-order valence-corrected chi connectivity index (χ2v) is 5.44. The average molecular weight is 375 g/mol. The molecule has 110 valence electrons. The Bertz CT molecular complexity index is 709. The van der Waals surface area contributed by atoms with Crippen LogP contribution < -0.4 is 4.74 Å². The molecule has 0 radical (unpaired) electrons. The number of nitro groups is 1. The SMILES string of the molecule is Cc1cc(Oc2cc(F)c(Br)cc2[N+](=O)[O-])ccc1CCl. The highest BCUT2D eigenvalue weighted by Crippen LogP contribution is 2.36. The van der Waals surface area contributed by atoms with E-state index in [0.29, 0.717) is 11.6 Å². The highest BCUT2D eigenvalue weighted by molar-refractivity contribution is 9.10. The molecule has 0 unspecified atom stereocenters. The van der Waals surface area contributed by atoms with Crippen molar-refractivity contribution in [3.8, 4) is 11.5 Å². The fourth-order valence-corrected chi connectivity index (χ4v) is 2.38. The summed E-state index contributed by atoms with van der Waals surface area (Å²) in [6.07, 6.45) is 0. The zero-order valence-electron chi connectivity index (χ0n) is 10.9. The number of halogens is 3. The Balaban J connectivity index is 2.41. The van der Waals surface area contributed by atoms with Crippen molar-refractivity contribution >= 4 is 33.2 Å². The Kier molecular flexibility index (Phi) is 4.80.